The number of carbonyl (C=O) groups excluding carboxylic acids is 1. The van der Waals surface area contributed by atoms with Gasteiger partial charge in [0.1, 0.15) is 6.10 Å². The highest BCUT2D eigenvalue weighted by Crippen LogP contribution is 2.47. The molecule has 0 bridgehead atoms. The molecule has 0 amide bonds. The minimum Gasteiger partial charge on any atom is -0.482 e. The molecule has 0 N–H and O–H groups in total. The maximum Gasteiger partial charge on any atom is 0.306 e. The fraction of sp³-hybridized carbons (Fsp3) is 0.409. The topological polar surface area (TPSA) is 35.5 Å². The zero-order valence-corrected chi connectivity index (χ0v) is 15.5. The number of hydrogen-bond acceptors (Lipinski definition) is 3. The summed E-state index contributed by atoms with van der Waals surface area (Å²) in [7, 11) is 0. The van der Waals surface area contributed by atoms with Crippen molar-refractivity contribution in [3.8, 4) is 5.75 Å². The number of aryl methyl sites for hydroxylation is 1. The Morgan fingerprint density at radius 3 is 2.73 bits per heavy atom. The van der Waals surface area contributed by atoms with E-state index in [2.05, 4.69) is 26.0 Å². The molecular weight excluding hydrogens is 331 g/mol. The Bertz CT molecular complexity index is 798. The third kappa shape index (κ3) is 3.90. The van der Waals surface area contributed by atoms with Gasteiger partial charge in [0, 0.05) is 11.8 Å². The van der Waals surface area contributed by atoms with E-state index in [9.17, 15) is 9.18 Å². The number of benzene rings is 2. The van der Waals surface area contributed by atoms with E-state index in [1.165, 1.54) is 11.6 Å². The molecule has 1 unspecified atom stereocenters. The van der Waals surface area contributed by atoms with Crippen molar-refractivity contribution in [2.24, 2.45) is 5.41 Å². The molecule has 2 aromatic carbocycles. The quantitative estimate of drug-likeness (QED) is 0.682. The zero-order valence-electron chi connectivity index (χ0n) is 15.5. The third-order valence-corrected chi connectivity index (χ3v) is 4.86. The van der Waals surface area contributed by atoms with Gasteiger partial charge in [-0.15, -0.1) is 0 Å². The summed E-state index contributed by atoms with van der Waals surface area (Å²) in [6, 6.07) is 13.1. The van der Waals surface area contributed by atoms with E-state index in [1.807, 2.05) is 18.2 Å². The van der Waals surface area contributed by atoms with Crippen molar-refractivity contribution in [1.29, 1.82) is 0 Å². The summed E-state index contributed by atoms with van der Waals surface area (Å²) < 4.78 is 25.6. The first-order chi connectivity index (χ1) is 12.4. The molecule has 26 heavy (non-hydrogen) atoms. The standard InChI is InChI=1S/C22H25FO3/c1-4-25-20(24)12-10-15-9-11-19(18(23)13-15)26-21-17-8-6-5-7-16(17)14-22(21,2)3/h5-9,11,13,21H,4,10,12,14H2,1-3H3. The van der Waals surface area contributed by atoms with E-state index in [0.717, 1.165) is 17.5 Å². The summed E-state index contributed by atoms with van der Waals surface area (Å²) >= 11 is 0. The van der Waals surface area contributed by atoms with Crippen LogP contribution in [0.2, 0.25) is 0 Å². The molecular formula is C22H25FO3. The molecule has 1 aliphatic carbocycles. The molecule has 3 nitrogen and oxygen atoms in total. The molecule has 1 aliphatic rings. The van der Waals surface area contributed by atoms with Crippen LogP contribution >= 0.6 is 0 Å². The Labute approximate surface area is 154 Å². The van der Waals surface area contributed by atoms with Gasteiger partial charge in [-0.05, 0) is 48.6 Å². The summed E-state index contributed by atoms with van der Waals surface area (Å²) in [5.41, 5.74) is 3.05. The second-order valence-corrected chi connectivity index (χ2v) is 7.43. The number of ether oxygens (including phenoxy) is 2. The minimum absolute atomic E-state index is 0.0985. The van der Waals surface area contributed by atoms with Crippen LogP contribution in [0, 0.1) is 11.2 Å². The molecule has 0 saturated heterocycles. The van der Waals surface area contributed by atoms with Crippen LogP contribution in [0.25, 0.3) is 0 Å². The van der Waals surface area contributed by atoms with E-state index in [4.69, 9.17) is 9.47 Å². The van der Waals surface area contributed by atoms with Crippen molar-refractivity contribution in [3.63, 3.8) is 0 Å². The van der Waals surface area contributed by atoms with Crippen molar-refractivity contribution in [3.05, 3.63) is 65.0 Å². The SMILES string of the molecule is CCOC(=O)CCc1ccc(OC2c3ccccc3CC2(C)C)c(F)c1. The molecule has 2 aromatic rings. The maximum atomic E-state index is 14.6. The molecule has 0 fully saturated rings. The van der Waals surface area contributed by atoms with Gasteiger partial charge in [-0.3, -0.25) is 4.79 Å². The van der Waals surface area contributed by atoms with Crippen LogP contribution in [0.1, 0.15) is 50.0 Å². The van der Waals surface area contributed by atoms with Gasteiger partial charge in [0.25, 0.3) is 0 Å². The highest BCUT2D eigenvalue weighted by Gasteiger charge is 2.40. The van der Waals surface area contributed by atoms with Crippen LogP contribution in [0.15, 0.2) is 42.5 Å². The Hall–Kier alpha value is -2.36. The fourth-order valence-corrected chi connectivity index (χ4v) is 3.58. The number of hydrogen-bond donors (Lipinski definition) is 0. The van der Waals surface area contributed by atoms with Gasteiger partial charge in [-0.25, -0.2) is 4.39 Å². The van der Waals surface area contributed by atoms with Gasteiger partial charge in [0.2, 0.25) is 0 Å². The first-order valence-electron chi connectivity index (χ1n) is 9.09. The van der Waals surface area contributed by atoms with Crippen molar-refractivity contribution < 1.29 is 18.7 Å². The van der Waals surface area contributed by atoms with Crippen LogP contribution < -0.4 is 4.74 Å². The Balaban J connectivity index is 1.73. The van der Waals surface area contributed by atoms with E-state index >= 15 is 0 Å². The monoisotopic (exact) mass is 356 g/mol. The Morgan fingerprint density at radius 2 is 2.00 bits per heavy atom. The summed E-state index contributed by atoms with van der Waals surface area (Å²) in [4.78, 5) is 11.4. The molecule has 0 aliphatic heterocycles. The van der Waals surface area contributed by atoms with Crippen molar-refractivity contribution >= 4 is 5.97 Å². The van der Waals surface area contributed by atoms with Gasteiger partial charge < -0.3 is 9.47 Å². The molecule has 4 heteroatoms. The number of halogens is 1. The molecule has 3 rings (SSSR count). The second kappa shape index (κ2) is 7.48. The lowest BCUT2D eigenvalue weighted by molar-refractivity contribution is -0.143. The number of esters is 1. The average molecular weight is 356 g/mol. The molecule has 0 saturated carbocycles. The predicted molar refractivity (Wildman–Crippen MR) is 98.7 cm³/mol. The van der Waals surface area contributed by atoms with E-state index < -0.39 is 5.82 Å². The first-order valence-corrected chi connectivity index (χ1v) is 9.09. The fourth-order valence-electron chi connectivity index (χ4n) is 3.58. The van der Waals surface area contributed by atoms with Gasteiger partial charge in [-0.1, -0.05) is 44.2 Å². The minimum atomic E-state index is -0.397. The number of rotatable bonds is 6. The smallest absolute Gasteiger partial charge is 0.306 e. The molecule has 0 aromatic heterocycles. The molecule has 1 atom stereocenters. The van der Waals surface area contributed by atoms with Crippen LogP contribution in [0.5, 0.6) is 5.75 Å². The predicted octanol–water partition coefficient (Wildman–Crippen LogP) is 5.02. The van der Waals surface area contributed by atoms with E-state index in [1.54, 1.807) is 13.0 Å². The van der Waals surface area contributed by atoms with Crippen LogP contribution in [-0.4, -0.2) is 12.6 Å². The molecule has 0 radical (unpaired) electrons. The van der Waals surface area contributed by atoms with Gasteiger partial charge >= 0.3 is 5.97 Å². The summed E-state index contributed by atoms with van der Waals surface area (Å²) in [6.07, 6.45) is 1.43. The van der Waals surface area contributed by atoms with Crippen molar-refractivity contribution in [2.45, 2.75) is 46.1 Å². The van der Waals surface area contributed by atoms with Gasteiger partial charge in [-0.2, -0.15) is 0 Å². The van der Waals surface area contributed by atoms with Crippen LogP contribution in [-0.2, 0) is 22.4 Å². The number of carbonyl (C=O) groups is 1. The van der Waals surface area contributed by atoms with Crippen molar-refractivity contribution in [2.75, 3.05) is 6.61 Å². The third-order valence-electron chi connectivity index (χ3n) is 4.86. The van der Waals surface area contributed by atoms with Crippen molar-refractivity contribution in [1.82, 2.24) is 0 Å². The Kier molecular flexibility index (Phi) is 5.30. The highest BCUT2D eigenvalue weighted by atomic mass is 19.1. The second-order valence-electron chi connectivity index (χ2n) is 7.43. The largest absolute Gasteiger partial charge is 0.482 e. The molecule has 138 valence electrons. The Morgan fingerprint density at radius 1 is 1.23 bits per heavy atom. The molecule has 0 spiro atoms. The van der Waals surface area contributed by atoms with Crippen LogP contribution in [0.4, 0.5) is 4.39 Å². The van der Waals surface area contributed by atoms with E-state index in [0.29, 0.717) is 13.0 Å². The lowest BCUT2D eigenvalue weighted by Crippen LogP contribution is -2.23. The zero-order chi connectivity index (χ0) is 18.7. The lowest BCUT2D eigenvalue weighted by Gasteiger charge is -2.28. The summed E-state index contributed by atoms with van der Waals surface area (Å²) in [5, 5.41) is 0. The van der Waals surface area contributed by atoms with E-state index in [-0.39, 0.29) is 29.7 Å². The average Bonchev–Trinajstić information content (AvgIpc) is 2.85. The molecule has 0 heterocycles. The number of fused-ring (bicyclic) bond motifs is 1. The summed E-state index contributed by atoms with van der Waals surface area (Å²) in [6.45, 7) is 6.41. The van der Waals surface area contributed by atoms with Gasteiger partial charge in [0.05, 0.1) is 6.61 Å². The lowest BCUT2D eigenvalue weighted by atomic mass is 9.87. The highest BCUT2D eigenvalue weighted by molar-refractivity contribution is 5.69. The van der Waals surface area contributed by atoms with Crippen LogP contribution in [0.3, 0.4) is 0 Å². The normalized spacial score (nSPS) is 17.6. The maximum absolute atomic E-state index is 14.6. The van der Waals surface area contributed by atoms with Gasteiger partial charge in [0.15, 0.2) is 11.6 Å². The summed E-state index contributed by atoms with van der Waals surface area (Å²) in [5.74, 6) is -0.413. The first kappa shape index (κ1) is 18.4.